The van der Waals surface area contributed by atoms with Crippen molar-refractivity contribution >= 4 is 17.4 Å². The summed E-state index contributed by atoms with van der Waals surface area (Å²) in [5.41, 5.74) is 0.511. The van der Waals surface area contributed by atoms with Crippen molar-refractivity contribution < 1.29 is 9.18 Å². The summed E-state index contributed by atoms with van der Waals surface area (Å²) in [6, 6.07) is 8.87. The third-order valence-corrected chi connectivity index (χ3v) is 2.64. The maximum atomic E-state index is 13.7. The first-order valence-electron chi connectivity index (χ1n) is 5.79. The molecule has 100 valence electrons. The van der Waals surface area contributed by atoms with Gasteiger partial charge in [-0.3, -0.25) is 4.79 Å². The molecule has 2 rings (SSSR count). The second-order valence-corrected chi connectivity index (χ2v) is 3.91. The number of halogens is 1. The number of amides is 1. The predicted molar refractivity (Wildman–Crippen MR) is 72.9 cm³/mol. The van der Waals surface area contributed by atoms with Gasteiger partial charge in [0.15, 0.2) is 0 Å². The van der Waals surface area contributed by atoms with Crippen molar-refractivity contribution in [3.05, 3.63) is 53.5 Å². The highest BCUT2D eigenvalue weighted by molar-refractivity contribution is 6.07. The van der Waals surface area contributed by atoms with Gasteiger partial charge in [-0.1, -0.05) is 0 Å². The molecule has 2 aromatic rings. The van der Waals surface area contributed by atoms with Crippen molar-refractivity contribution in [2.45, 2.75) is 0 Å². The van der Waals surface area contributed by atoms with E-state index in [0.29, 0.717) is 11.4 Å². The molecule has 0 saturated carbocycles. The summed E-state index contributed by atoms with van der Waals surface area (Å²) in [6.07, 6.45) is 1.55. The lowest BCUT2D eigenvalue weighted by Crippen LogP contribution is -2.15. The summed E-state index contributed by atoms with van der Waals surface area (Å²) in [5, 5.41) is 13.9. The monoisotopic (exact) mass is 270 g/mol. The molecule has 0 radical (unpaired) electrons. The molecule has 1 amide bonds. The van der Waals surface area contributed by atoms with E-state index in [-0.39, 0.29) is 11.3 Å². The Balaban J connectivity index is 2.26. The van der Waals surface area contributed by atoms with Crippen molar-refractivity contribution in [1.82, 2.24) is 4.98 Å². The van der Waals surface area contributed by atoms with Crippen LogP contribution in [-0.4, -0.2) is 17.9 Å². The van der Waals surface area contributed by atoms with Gasteiger partial charge in [0, 0.05) is 13.2 Å². The minimum atomic E-state index is -0.660. The number of hydrogen-bond donors (Lipinski definition) is 2. The second kappa shape index (κ2) is 5.80. The average molecular weight is 270 g/mol. The number of anilines is 2. The Morgan fingerprint density at radius 3 is 2.85 bits per heavy atom. The zero-order valence-corrected chi connectivity index (χ0v) is 10.6. The molecule has 20 heavy (non-hydrogen) atoms. The van der Waals surface area contributed by atoms with Crippen molar-refractivity contribution in [2.75, 3.05) is 17.7 Å². The first-order chi connectivity index (χ1) is 9.65. The van der Waals surface area contributed by atoms with Crippen LogP contribution in [0.3, 0.4) is 0 Å². The van der Waals surface area contributed by atoms with Gasteiger partial charge in [-0.05, 0) is 30.3 Å². The first-order valence-corrected chi connectivity index (χ1v) is 5.79. The number of rotatable bonds is 3. The van der Waals surface area contributed by atoms with E-state index in [4.69, 9.17) is 5.26 Å². The summed E-state index contributed by atoms with van der Waals surface area (Å²) in [6.45, 7) is 0. The number of carbonyl (C=O) groups is 1. The van der Waals surface area contributed by atoms with Gasteiger partial charge < -0.3 is 10.6 Å². The molecule has 1 aromatic heterocycles. The van der Waals surface area contributed by atoms with E-state index in [1.54, 1.807) is 25.4 Å². The van der Waals surface area contributed by atoms with Gasteiger partial charge in [-0.2, -0.15) is 5.26 Å². The van der Waals surface area contributed by atoms with Gasteiger partial charge in [0.05, 0.1) is 22.9 Å². The third kappa shape index (κ3) is 2.72. The van der Waals surface area contributed by atoms with E-state index >= 15 is 0 Å². The van der Waals surface area contributed by atoms with E-state index in [1.165, 1.54) is 12.1 Å². The third-order valence-electron chi connectivity index (χ3n) is 2.64. The maximum absolute atomic E-state index is 13.7. The second-order valence-electron chi connectivity index (χ2n) is 3.91. The Bertz CT molecular complexity index is 694. The molecule has 1 aromatic carbocycles. The minimum Gasteiger partial charge on any atom is -0.372 e. The largest absolute Gasteiger partial charge is 0.372 e. The van der Waals surface area contributed by atoms with Crippen LogP contribution in [-0.2, 0) is 0 Å². The Morgan fingerprint density at radius 2 is 2.20 bits per heavy atom. The smallest absolute Gasteiger partial charge is 0.259 e. The molecule has 5 nitrogen and oxygen atoms in total. The van der Waals surface area contributed by atoms with Crippen LogP contribution in [0.15, 0.2) is 36.5 Å². The molecular weight excluding hydrogens is 259 g/mol. The molecule has 6 heteroatoms. The molecule has 0 fully saturated rings. The highest BCUT2D eigenvalue weighted by Crippen LogP contribution is 2.18. The van der Waals surface area contributed by atoms with E-state index in [2.05, 4.69) is 15.6 Å². The van der Waals surface area contributed by atoms with Crippen LogP contribution in [0.2, 0.25) is 0 Å². The molecule has 0 saturated heterocycles. The summed E-state index contributed by atoms with van der Waals surface area (Å²) in [7, 11) is 1.64. The van der Waals surface area contributed by atoms with E-state index in [0.717, 1.165) is 6.07 Å². The van der Waals surface area contributed by atoms with Crippen LogP contribution in [0.1, 0.15) is 15.9 Å². The van der Waals surface area contributed by atoms with Crippen molar-refractivity contribution in [3.8, 4) is 6.07 Å². The number of nitriles is 1. The number of hydrogen-bond acceptors (Lipinski definition) is 4. The lowest BCUT2D eigenvalue weighted by molar-refractivity contribution is 0.102. The average Bonchev–Trinajstić information content (AvgIpc) is 2.49. The van der Waals surface area contributed by atoms with Gasteiger partial charge in [-0.15, -0.1) is 0 Å². The summed E-state index contributed by atoms with van der Waals surface area (Å²) in [4.78, 5) is 16.1. The van der Waals surface area contributed by atoms with E-state index < -0.39 is 11.7 Å². The van der Waals surface area contributed by atoms with E-state index in [1.807, 2.05) is 6.07 Å². The predicted octanol–water partition coefficient (Wildman–Crippen LogP) is 2.39. The molecule has 0 bridgehead atoms. The highest BCUT2D eigenvalue weighted by Gasteiger charge is 2.13. The van der Waals surface area contributed by atoms with Crippen LogP contribution in [0.25, 0.3) is 0 Å². The molecular formula is C14H11FN4O. The van der Waals surface area contributed by atoms with Crippen LogP contribution >= 0.6 is 0 Å². The van der Waals surface area contributed by atoms with Crippen molar-refractivity contribution in [2.24, 2.45) is 0 Å². The fourth-order valence-electron chi connectivity index (χ4n) is 1.66. The van der Waals surface area contributed by atoms with Crippen LogP contribution in [0, 0.1) is 17.1 Å². The van der Waals surface area contributed by atoms with E-state index in [9.17, 15) is 9.18 Å². The van der Waals surface area contributed by atoms with Gasteiger partial charge in [0.2, 0.25) is 0 Å². The lowest BCUT2D eigenvalue weighted by Gasteiger charge is -2.09. The zero-order chi connectivity index (χ0) is 14.5. The molecule has 0 atom stereocenters. The number of nitrogens with zero attached hydrogens (tertiary/aromatic N) is 2. The molecule has 0 aliphatic rings. The van der Waals surface area contributed by atoms with Crippen LogP contribution < -0.4 is 10.6 Å². The normalized spacial score (nSPS) is 9.65. The van der Waals surface area contributed by atoms with Crippen molar-refractivity contribution in [3.63, 3.8) is 0 Å². The molecule has 0 aliphatic heterocycles. The fourth-order valence-corrected chi connectivity index (χ4v) is 1.66. The number of pyridine rings is 1. The fraction of sp³-hybridized carbons (Fsp3) is 0.0714. The molecule has 0 aliphatic carbocycles. The number of carbonyl (C=O) groups excluding carboxylic acids is 1. The topological polar surface area (TPSA) is 77.8 Å². The number of benzene rings is 1. The molecule has 0 unspecified atom stereocenters. The zero-order valence-electron chi connectivity index (χ0n) is 10.6. The molecule has 0 spiro atoms. The Hall–Kier alpha value is -2.94. The van der Waals surface area contributed by atoms with Gasteiger partial charge in [0.1, 0.15) is 11.6 Å². The Morgan fingerprint density at radius 1 is 1.40 bits per heavy atom. The lowest BCUT2D eigenvalue weighted by atomic mass is 10.2. The quantitative estimate of drug-likeness (QED) is 0.897. The highest BCUT2D eigenvalue weighted by atomic mass is 19.1. The SMILES string of the molecule is CNc1ncccc1C(=O)Nc1ccc(C#N)cc1F. The number of aromatic nitrogens is 1. The van der Waals surface area contributed by atoms with Crippen molar-refractivity contribution in [1.29, 1.82) is 5.26 Å². The molecule has 1 heterocycles. The Kier molecular flexibility index (Phi) is 3.91. The first kappa shape index (κ1) is 13.5. The maximum Gasteiger partial charge on any atom is 0.259 e. The number of nitrogens with one attached hydrogen (secondary N) is 2. The molecule has 2 N–H and O–H groups in total. The van der Waals surface area contributed by atoms with Gasteiger partial charge in [0.25, 0.3) is 5.91 Å². The summed E-state index contributed by atoms with van der Waals surface area (Å²) < 4.78 is 13.7. The summed E-state index contributed by atoms with van der Waals surface area (Å²) >= 11 is 0. The van der Waals surface area contributed by atoms with Gasteiger partial charge in [-0.25, -0.2) is 9.37 Å². The summed E-state index contributed by atoms with van der Waals surface area (Å²) in [5.74, 6) is -0.739. The minimum absolute atomic E-state index is 0.0138. The van der Waals surface area contributed by atoms with Crippen LogP contribution in [0.5, 0.6) is 0 Å². The Labute approximate surface area is 115 Å². The standard InChI is InChI=1S/C14H11FN4O/c1-17-13-10(3-2-6-18-13)14(20)19-12-5-4-9(8-16)7-11(12)15/h2-7H,1H3,(H,17,18)(H,19,20). The van der Waals surface area contributed by atoms with Gasteiger partial charge >= 0.3 is 0 Å². The van der Waals surface area contributed by atoms with Crippen LogP contribution in [0.4, 0.5) is 15.9 Å².